The van der Waals surface area contributed by atoms with Gasteiger partial charge < -0.3 is 24.4 Å². The number of allylic oxidation sites excluding steroid dienone is 3. The average molecular weight is 595 g/mol. The van der Waals surface area contributed by atoms with E-state index in [1.807, 2.05) is 12.3 Å². The van der Waals surface area contributed by atoms with Gasteiger partial charge in [0.25, 0.3) is 5.12 Å². The van der Waals surface area contributed by atoms with Crippen LogP contribution < -0.4 is 5.32 Å². The number of hydrogen-bond donors (Lipinski definition) is 2. The van der Waals surface area contributed by atoms with Crippen LogP contribution in [0.4, 0.5) is 0 Å². The largest absolute Gasteiger partial charge is 0.604 e. The number of carbonyl (C=O) groups is 3. The number of aromatic nitrogens is 1. The molecule has 2 fully saturated rings. The third-order valence-corrected chi connectivity index (χ3v) is 12.2. The van der Waals surface area contributed by atoms with E-state index in [0.29, 0.717) is 34.5 Å². The quantitative estimate of drug-likeness (QED) is 0.296. The third-order valence-electron chi connectivity index (χ3n) is 7.20. The minimum absolute atomic E-state index is 0.0936. The fraction of sp³-hybridized carbons (Fsp3) is 0.556. The first-order valence-electron chi connectivity index (χ1n) is 13.0. The number of nitrogens with zero attached hydrogens (tertiary/aromatic N) is 1. The number of ether oxygens (including phenoxy) is 2. The van der Waals surface area contributed by atoms with Crippen LogP contribution >= 0.6 is 22.1 Å². The predicted molar refractivity (Wildman–Crippen MR) is 152 cm³/mol. The summed E-state index contributed by atoms with van der Waals surface area (Å²) in [6, 6.07) is -0.428. The number of aliphatic hydroxyl groups is 1. The Bertz CT molecular complexity index is 1170. The van der Waals surface area contributed by atoms with Crippen molar-refractivity contribution in [2.75, 3.05) is 6.61 Å². The Balaban J connectivity index is 1.68. The molecule has 9 nitrogen and oxygen atoms in total. The number of ketones is 1. The van der Waals surface area contributed by atoms with Crippen molar-refractivity contribution in [2.45, 2.75) is 88.1 Å². The minimum Gasteiger partial charge on any atom is -0.604 e. The van der Waals surface area contributed by atoms with Gasteiger partial charge in [-0.2, -0.15) is 0 Å². The number of carbonyl (C=O) groups excluding carboxylic acids is 3. The van der Waals surface area contributed by atoms with E-state index in [9.17, 15) is 24.0 Å². The summed E-state index contributed by atoms with van der Waals surface area (Å²) in [4.78, 5) is 43.5. The standard InChI is InChI=1S/C27H34N2O7S3/c1-17-11-12-27(26(3,33)25(32)38-39(27)34)15-22(31)28-18(2)24-29-19(16-37-24)8-4-5-9-20(30)21(14-17)36-23-10-6-7-13-35-23/h4-5,8-9,14,16,18,21,23,33H,6-7,10-13,15H2,1-3H3,(H,28,31)/b8-4-,9-5+,17-14+/t18?,21?,23-,26+,27-,39?/m1/s1. The normalized spacial score (nSPS) is 38.0. The Morgan fingerprint density at radius 1 is 1.26 bits per heavy atom. The highest BCUT2D eigenvalue weighted by atomic mass is 33.1. The van der Waals surface area contributed by atoms with Crippen LogP contribution in [0.1, 0.15) is 76.0 Å². The molecular formula is C27H34N2O7S3. The van der Waals surface area contributed by atoms with Crippen LogP contribution in [-0.2, 0) is 34.1 Å². The number of thiazole rings is 1. The SMILES string of the molecule is C/C1=C\C(O[C@@H]2CCCCO2)C(=O)/C=C/C=C\c2csc(n2)C(C)NC(=O)C[C@@]2(CC1)[S+]([O-])SC(=O)[C@]2(C)O. The second kappa shape index (κ2) is 12.8. The monoisotopic (exact) mass is 594 g/mol. The van der Waals surface area contributed by atoms with E-state index in [0.717, 1.165) is 18.4 Å². The lowest BCUT2D eigenvalue weighted by atomic mass is 9.81. The van der Waals surface area contributed by atoms with Crippen molar-refractivity contribution < 1.29 is 33.5 Å². The minimum atomic E-state index is -1.98. The van der Waals surface area contributed by atoms with E-state index >= 15 is 0 Å². The summed E-state index contributed by atoms with van der Waals surface area (Å²) in [7, 11) is -1.29. The average Bonchev–Trinajstić information content (AvgIpc) is 3.42. The maximum Gasteiger partial charge on any atom is 0.276 e. The highest BCUT2D eigenvalue weighted by Crippen LogP contribution is 2.53. The van der Waals surface area contributed by atoms with E-state index < -0.39 is 50.0 Å². The van der Waals surface area contributed by atoms with Gasteiger partial charge in [-0.15, -0.1) is 11.3 Å². The molecule has 1 aromatic heterocycles. The van der Waals surface area contributed by atoms with Gasteiger partial charge in [0, 0.05) is 28.6 Å². The first-order chi connectivity index (χ1) is 18.5. The summed E-state index contributed by atoms with van der Waals surface area (Å²) < 4.78 is 23.5. The number of amides is 1. The Labute approximate surface area is 239 Å². The summed E-state index contributed by atoms with van der Waals surface area (Å²) in [5.41, 5.74) is -0.562. The zero-order valence-electron chi connectivity index (χ0n) is 22.2. The smallest absolute Gasteiger partial charge is 0.276 e. The lowest BCUT2D eigenvalue weighted by molar-refractivity contribution is -0.181. The molecule has 1 aromatic rings. The molecule has 4 heterocycles. The van der Waals surface area contributed by atoms with E-state index in [1.165, 1.54) is 24.3 Å². The summed E-state index contributed by atoms with van der Waals surface area (Å²) in [5, 5.41) is 16.0. The van der Waals surface area contributed by atoms with Gasteiger partial charge in [-0.1, -0.05) is 17.7 Å². The summed E-state index contributed by atoms with van der Waals surface area (Å²) in [5.74, 6) is -0.701. The molecule has 2 N–H and O–H groups in total. The molecular weight excluding hydrogens is 561 g/mol. The zero-order valence-corrected chi connectivity index (χ0v) is 24.7. The van der Waals surface area contributed by atoms with Gasteiger partial charge in [0.2, 0.25) is 5.91 Å². The van der Waals surface area contributed by atoms with Crippen molar-refractivity contribution in [1.29, 1.82) is 0 Å². The maximum atomic E-state index is 13.3. The maximum absolute atomic E-state index is 13.3. The molecule has 3 aliphatic rings. The highest BCUT2D eigenvalue weighted by molar-refractivity contribution is 8.79. The second-order valence-electron chi connectivity index (χ2n) is 10.2. The van der Waals surface area contributed by atoms with Gasteiger partial charge in [-0.3, -0.25) is 14.4 Å². The predicted octanol–water partition coefficient (Wildman–Crippen LogP) is 3.93. The van der Waals surface area contributed by atoms with Crippen LogP contribution in [0.15, 0.2) is 35.3 Å². The van der Waals surface area contributed by atoms with Gasteiger partial charge in [0.15, 0.2) is 33.2 Å². The van der Waals surface area contributed by atoms with Gasteiger partial charge in [0.05, 0.1) is 18.2 Å². The number of fused-ring (bicyclic) bond motifs is 2. The van der Waals surface area contributed by atoms with Crippen LogP contribution in [0, 0.1) is 0 Å². The van der Waals surface area contributed by atoms with Crippen LogP contribution in [0.25, 0.3) is 6.08 Å². The first-order valence-corrected chi connectivity index (χ1v) is 16.3. The van der Waals surface area contributed by atoms with Gasteiger partial charge >= 0.3 is 0 Å². The molecule has 0 aliphatic carbocycles. The molecule has 1 amide bonds. The molecule has 3 unspecified atom stereocenters. The molecule has 39 heavy (non-hydrogen) atoms. The molecule has 0 radical (unpaired) electrons. The molecule has 0 saturated carbocycles. The highest BCUT2D eigenvalue weighted by Gasteiger charge is 2.69. The molecule has 12 heteroatoms. The van der Waals surface area contributed by atoms with Crippen LogP contribution in [0.3, 0.4) is 0 Å². The molecule has 1 spiro atoms. The number of hydrogen-bond acceptors (Lipinski definition) is 10. The molecule has 4 rings (SSSR count). The molecule has 212 valence electrons. The van der Waals surface area contributed by atoms with Gasteiger partial charge in [-0.05, 0) is 64.7 Å². The van der Waals surface area contributed by atoms with Gasteiger partial charge in [0.1, 0.15) is 11.1 Å². The third kappa shape index (κ3) is 6.92. The second-order valence-corrected chi connectivity index (χ2v) is 14.3. The van der Waals surface area contributed by atoms with Gasteiger partial charge in [-0.25, -0.2) is 4.98 Å². The van der Waals surface area contributed by atoms with Crippen LogP contribution in [-0.4, -0.2) is 60.8 Å². The molecule has 3 aliphatic heterocycles. The Kier molecular flexibility index (Phi) is 9.90. The lowest BCUT2D eigenvalue weighted by Gasteiger charge is -2.35. The number of rotatable bonds is 2. The fourth-order valence-corrected chi connectivity index (χ4v) is 9.46. The Morgan fingerprint density at radius 3 is 2.72 bits per heavy atom. The van der Waals surface area contributed by atoms with Crippen molar-refractivity contribution in [3.63, 3.8) is 0 Å². The zero-order chi connectivity index (χ0) is 28.2. The Hall–Kier alpha value is -1.80. The fourth-order valence-electron chi connectivity index (χ4n) is 4.72. The summed E-state index contributed by atoms with van der Waals surface area (Å²) >= 11 is 1.37. The Morgan fingerprint density at radius 2 is 2.03 bits per heavy atom. The first kappa shape index (κ1) is 30.2. The molecule has 2 bridgehead atoms. The van der Waals surface area contributed by atoms with Crippen molar-refractivity contribution in [3.8, 4) is 0 Å². The van der Waals surface area contributed by atoms with Crippen molar-refractivity contribution in [1.82, 2.24) is 10.3 Å². The lowest BCUT2D eigenvalue weighted by Crippen LogP contribution is -2.56. The summed E-state index contributed by atoms with van der Waals surface area (Å²) in [6.45, 7) is 5.50. The molecule has 0 aromatic carbocycles. The van der Waals surface area contributed by atoms with Crippen molar-refractivity contribution >= 4 is 55.2 Å². The van der Waals surface area contributed by atoms with E-state index in [1.54, 1.807) is 31.2 Å². The molecule has 2 saturated heterocycles. The molecule has 6 atom stereocenters. The van der Waals surface area contributed by atoms with Crippen molar-refractivity contribution in [2.24, 2.45) is 0 Å². The van der Waals surface area contributed by atoms with E-state index in [-0.39, 0.29) is 25.0 Å². The van der Waals surface area contributed by atoms with Crippen molar-refractivity contribution in [3.05, 3.63) is 46.0 Å². The topological polar surface area (TPSA) is 138 Å². The van der Waals surface area contributed by atoms with Crippen LogP contribution in [0.5, 0.6) is 0 Å². The number of nitrogens with one attached hydrogen (secondary N) is 1. The van der Waals surface area contributed by atoms with E-state index in [2.05, 4.69) is 10.3 Å². The summed E-state index contributed by atoms with van der Waals surface area (Å²) in [6.07, 6.45) is 9.50. The van der Waals surface area contributed by atoms with Crippen LogP contribution in [0.2, 0.25) is 0 Å². The van der Waals surface area contributed by atoms with E-state index in [4.69, 9.17) is 9.47 Å².